The van der Waals surface area contributed by atoms with Gasteiger partial charge in [-0.2, -0.15) is 8.42 Å². The SMILES string of the molecule is O=S(=O)(OCCN(Cc1ccccc1)Cc1ccccc1)c1ccc(Cl)cc1. The largest absolute Gasteiger partial charge is 0.297 e. The summed E-state index contributed by atoms with van der Waals surface area (Å²) in [6, 6.07) is 26.2. The van der Waals surface area contributed by atoms with Gasteiger partial charge in [0.05, 0.1) is 11.5 Å². The first-order valence-corrected chi connectivity index (χ1v) is 10.8. The molecule has 0 atom stereocenters. The van der Waals surface area contributed by atoms with Crippen molar-refractivity contribution in [2.75, 3.05) is 13.2 Å². The van der Waals surface area contributed by atoms with Crippen molar-refractivity contribution in [2.24, 2.45) is 0 Å². The minimum absolute atomic E-state index is 0.0740. The average Bonchev–Trinajstić information content (AvgIpc) is 2.70. The summed E-state index contributed by atoms with van der Waals surface area (Å²) in [5, 5.41) is 0.482. The zero-order chi connectivity index (χ0) is 19.8. The highest BCUT2D eigenvalue weighted by Gasteiger charge is 2.16. The molecule has 0 saturated carbocycles. The van der Waals surface area contributed by atoms with E-state index in [9.17, 15) is 8.42 Å². The van der Waals surface area contributed by atoms with Crippen LogP contribution in [0.15, 0.2) is 89.8 Å². The smallest absolute Gasteiger partial charge is 0.292 e. The second kappa shape index (κ2) is 9.85. The minimum Gasteiger partial charge on any atom is -0.292 e. The summed E-state index contributed by atoms with van der Waals surface area (Å²) in [7, 11) is -3.80. The van der Waals surface area contributed by atoms with Crippen molar-refractivity contribution in [1.82, 2.24) is 4.90 Å². The summed E-state index contributed by atoms with van der Waals surface area (Å²) >= 11 is 5.82. The normalized spacial score (nSPS) is 11.6. The summed E-state index contributed by atoms with van der Waals surface area (Å²) in [6.45, 7) is 1.97. The molecule has 4 nitrogen and oxygen atoms in total. The van der Waals surface area contributed by atoms with Gasteiger partial charge in [0.2, 0.25) is 0 Å². The van der Waals surface area contributed by atoms with Gasteiger partial charge < -0.3 is 0 Å². The minimum atomic E-state index is -3.80. The highest BCUT2D eigenvalue weighted by atomic mass is 35.5. The van der Waals surface area contributed by atoms with Crippen LogP contribution in [0.3, 0.4) is 0 Å². The molecule has 0 unspecified atom stereocenters. The van der Waals surface area contributed by atoms with Gasteiger partial charge in [0.25, 0.3) is 10.1 Å². The molecule has 0 aliphatic carbocycles. The van der Waals surface area contributed by atoms with Crippen molar-refractivity contribution in [3.63, 3.8) is 0 Å². The van der Waals surface area contributed by atoms with Gasteiger partial charge in [-0.3, -0.25) is 9.08 Å². The number of halogens is 1. The molecular formula is C22H22ClNO3S. The Bertz CT molecular complexity index is 920. The first-order valence-electron chi connectivity index (χ1n) is 8.98. The highest BCUT2D eigenvalue weighted by molar-refractivity contribution is 7.86. The lowest BCUT2D eigenvalue weighted by atomic mass is 10.1. The third kappa shape index (κ3) is 6.17. The standard InChI is InChI=1S/C22H22ClNO3S/c23-21-11-13-22(14-12-21)28(25,26)27-16-15-24(17-19-7-3-1-4-8-19)18-20-9-5-2-6-10-20/h1-14H,15-18H2. The molecule has 146 valence electrons. The van der Waals surface area contributed by atoms with Crippen LogP contribution in [-0.4, -0.2) is 26.5 Å². The first-order chi connectivity index (χ1) is 13.5. The molecule has 0 saturated heterocycles. The van der Waals surface area contributed by atoms with E-state index in [1.807, 2.05) is 36.4 Å². The summed E-state index contributed by atoms with van der Waals surface area (Å²) in [6.07, 6.45) is 0. The Hall–Kier alpha value is -2.18. The van der Waals surface area contributed by atoms with Gasteiger partial charge >= 0.3 is 0 Å². The van der Waals surface area contributed by atoms with Gasteiger partial charge in [-0.25, -0.2) is 0 Å². The van der Waals surface area contributed by atoms with Crippen LogP contribution < -0.4 is 0 Å². The van der Waals surface area contributed by atoms with Crippen LogP contribution in [-0.2, 0) is 27.4 Å². The van der Waals surface area contributed by atoms with Crippen LogP contribution in [0.2, 0.25) is 5.02 Å². The summed E-state index contributed by atoms with van der Waals surface area (Å²) in [5.41, 5.74) is 2.33. The van der Waals surface area contributed by atoms with E-state index in [-0.39, 0.29) is 11.5 Å². The molecule has 0 aliphatic rings. The molecule has 3 rings (SSSR count). The van der Waals surface area contributed by atoms with Crippen molar-refractivity contribution < 1.29 is 12.6 Å². The van der Waals surface area contributed by atoms with Gasteiger partial charge in [-0.1, -0.05) is 72.3 Å². The van der Waals surface area contributed by atoms with Crippen LogP contribution in [0, 0.1) is 0 Å². The monoisotopic (exact) mass is 415 g/mol. The predicted molar refractivity (Wildman–Crippen MR) is 112 cm³/mol. The molecule has 0 bridgehead atoms. The van der Waals surface area contributed by atoms with Crippen LogP contribution in [0.1, 0.15) is 11.1 Å². The average molecular weight is 416 g/mol. The molecule has 3 aromatic carbocycles. The third-order valence-corrected chi connectivity index (χ3v) is 5.82. The molecule has 28 heavy (non-hydrogen) atoms. The van der Waals surface area contributed by atoms with E-state index in [0.29, 0.717) is 24.7 Å². The highest BCUT2D eigenvalue weighted by Crippen LogP contribution is 2.16. The van der Waals surface area contributed by atoms with Gasteiger partial charge in [-0.15, -0.1) is 0 Å². The second-order valence-electron chi connectivity index (χ2n) is 6.41. The molecule has 0 radical (unpaired) electrons. The third-order valence-electron chi connectivity index (χ3n) is 4.25. The van der Waals surface area contributed by atoms with Gasteiger partial charge in [-0.05, 0) is 35.4 Å². The number of hydrogen-bond acceptors (Lipinski definition) is 4. The Morgan fingerprint density at radius 2 is 1.25 bits per heavy atom. The van der Waals surface area contributed by atoms with Crippen molar-refractivity contribution in [3.8, 4) is 0 Å². The maximum atomic E-state index is 12.4. The lowest BCUT2D eigenvalue weighted by molar-refractivity contribution is 0.199. The zero-order valence-corrected chi connectivity index (χ0v) is 16.9. The molecule has 6 heteroatoms. The fraction of sp³-hybridized carbons (Fsp3) is 0.182. The van der Waals surface area contributed by atoms with Crippen LogP contribution >= 0.6 is 11.6 Å². The molecule has 3 aromatic rings. The van der Waals surface area contributed by atoms with E-state index in [4.69, 9.17) is 15.8 Å². The Morgan fingerprint density at radius 1 is 0.750 bits per heavy atom. The van der Waals surface area contributed by atoms with Crippen molar-refractivity contribution in [2.45, 2.75) is 18.0 Å². The fourth-order valence-electron chi connectivity index (χ4n) is 2.84. The Kier molecular flexibility index (Phi) is 7.23. The summed E-state index contributed by atoms with van der Waals surface area (Å²) < 4.78 is 30.0. The van der Waals surface area contributed by atoms with Gasteiger partial charge in [0.15, 0.2) is 0 Å². The molecule has 0 heterocycles. The van der Waals surface area contributed by atoms with Crippen LogP contribution in [0.5, 0.6) is 0 Å². The number of hydrogen-bond donors (Lipinski definition) is 0. The van der Waals surface area contributed by atoms with E-state index in [1.54, 1.807) is 0 Å². The fourth-order valence-corrected chi connectivity index (χ4v) is 3.87. The van der Waals surface area contributed by atoms with Crippen LogP contribution in [0.25, 0.3) is 0 Å². The lowest BCUT2D eigenvalue weighted by Crippen LogP contribution is -2.27. The van der Waals surface area contributed by atoms with Crippen LogP contribution in [0.4, 0.5) is 0 Å². The quantitative estimate of drug-likeness (QED) is 0.473. The molecular weight excluding hydrogens is 394 g/mol. The predicted octanol–water partition coefficient (Wildman–Crippen LogP) is 4.75. The van der Waals surface area contributed by atoms with Gasteiger partial charge in [0.1, 0.15) is 0 Å². The molecule has 0 spiro atoms. The summed E-state index contributed by atoms with van der Waals surface area (Å²) in [5.74, 6) is 0. The first kappa shape index (κ1) is 20.6. The summed E-state index contributed by atoms with van der Waals surface area (Å²) in [4.78, 5) is 2.27. The second-order valence-corrected chi connectivity index (χ2v) is 8.46. The number of rotatable bonds is 9. The maximum Gasteiger partial charge on any atom is 0.297 e. The zero-order valence-electron chi connectivity index (χ0n) is 15.4. The molecule has 0 fully saturated rings. The lowest BCUT2D eigenvalue weighted by Gasteiger charge is -2.22. The maximum absolute atomic E-state index is 12.4. The van der Waals surface area contributed by atoms with E-state index >= 15 is 0 Å². The number of nitrogens with zero attached hydrogens (tertiary/aromatic N) is 1. The van der Waals surface area contributed by atoms with Crippen molar-refractivity contribution in [3.05, 3.63) is 101 Å². The Morgan fingerprint density at radius 3 is 1.75 bits per heavy atom. The topological polar surface area (TPSA) is 46.6 Å². The van der Waals surface area contributed by atoms with E-state index < -0.39 is 10.1 Å². The van der Waals surface area contributed by atoms with Crippen molar-refractivity contribution in [1.29, 1.82) is 0 Å². The molecule has 0 amide bonds. The van der Waals surface area contributed by atoms with Gasteiger partial charge in [0, 0.05) is 24.7 Å². The van der Waals surface area contributed by atoms with E-state index in [0.717, 1.165) is 0 Å². The number of benzene rings is 3. The Balaban J connectivity index is 1.64. The Labute approximate surface area is 171 Å². The van der Waals surface area contributed by atoms with E-state index in [1.165, 1.54) is 35.4 Å². The molecule has 0 aromatic heterocycles. The van der Waals surface area contributed by atoms with E-state index in [2.05, 4.69) is 29.2 Å². The molecule has 0 N–H and O–H groups in total. The van der Waals surface area contributed by atoms with Crippen molar-refractivity contribution >= 4 is 21.7 Å². The molecule has 0 aliphatic heterocycles.